The summed E-state index contributed by atoms with van der Waals surface area (Å²) in [4.78, 5) is 10.8. The van der Waals surface area contributed by atoms with Crippen LogP contribution in [-0.2, 0) is 6.42 Å². The maximum atomic E-state index is 11.2. The van der Waals surface area contributed by atoms with Crippen molar-refractivity contribution in [3.05, 3.63) is 27.8 Å². The van der Waals surface area contributed by atoms with Gasteiger partial charge in [0.05, 0.1) is 25.2 Å². The molecule has 112 valence electrons. The molecule has 1 unspecified atom stereocenters. The normalized spacial score (nSPS) is 12.0. The molecule has 6 heteroatoms. The molecule has 1 aromatic carbocycles. The van der Waals surface area contributed by atoms with E-state index in [0.29, 0.717) is 23.5 Å². The molecule has 0 aliphatic rings. The molecule has 0 aliphatic heterocycles. The van der Waals surface area contributed by atoms with Crippen molar-refractivity contribution in [1.82, 2.24) is 5.32 Å². The number of hydrogen-bond donors (Lipinski definition) is 1. The molecule has 0 fully saturated rings. The molecule has 0 heterocycles. The van der Waals surface area contributed by atoms with Crippen molar-refractivity contribution in [1.29, 1.82) is 0 Å². The van der Waals surface area contributed by atoms with Gasteiger partial charge in [0.2, 0.25) is 0 Å². The summed E-state index contributed by atoms with van der Waals surface area (Å²) in [7, 11) is 2.99. The highest BCUT2D eigenvalue weighted by atomic mass is 16.6. The SMILES string of the molecule is CCCNC(C)Cc1cc(OC)c(OC)cc1[N+](=O)[O-]. The highest BCUT2D eigenvalue weighted by Gasteiger charge is 2.20. The van der Waals surface area contributed by atoms with Crippen molar-refractivity contribution in [3.8, 4) is 11.5 Å². The van der Waals surface area contributed by atoms with Gasteiger partial charge >= 0.3 is 0 Å². The first kappa shape index (κ1) is 16.2. The van der Waals surface area contributed by atoms with Gasteiger partial charge in [0, 0.05) is 11.6 Å². The number of nitrogens with one attached hydrogen (secondary N) is 1. The van der Waals surface area contributed by atoms with E-state index in [1.54, 1.807) is 6.07 Å². The molecule has 0 bridgehead atoms. The lowest BCUT2D eigenvalue weighted by Gasteiger charge is -2.15. The van der Waals surface area contributed by atoms with Crippen LogP contribution < -0.4 is 14.8 Å². The number of nitro benzene ring substituents is 1. The first-order chi connectivity index (χ1) is 9.53. The summed E-state index contributed by atoms with van der Waals surface area (Å²) < 4.78 is 10.3. The number of benzene rings is 1. The van der Waals surface area contributed by atoms with E-state index in [4.69, 9.17) is 9.47 Å². The Hall–Kier alpha value is -1.82. The van der Waals surface area contributed by atoms with E-state index < -0.39 is 0 Å². The number of nitrogens with zero attached hydrogens (tertiary/aromatic N) is 1. The van der Waals surface area contributed by atoms with Crippen LogP contribution in [0.3, 0.4) is 0 Å². The molecule has 0 saturated heterocycles. The molecule has 0 amide bonds. The Bertz CT molecular complexity index is 463. The molecule has 0 spiro atoms. The summed E-state index contributed by atoms with van der Waals surface area (Å²) in [6.07, 6.45) is 1.59. The molecular weight excluding hydrogens is 260 g/mol. The third-order valence-corrected chi connectivity index (χ3v) is 3.05. The summed E-state index contributed by atoms with van der Waals surface area (Å²) >= 11 is 0. The van der Waals surface area contributed by atoms with Gasteiger partial charge in [-0.2, -0.15) is 0 Å². The second-order valence-electron chi connectivity index (χ2n) is 4.65. The maximum Gasteiger partial charge on any atom is 0.276 e. The molecule has 0 aromatic heterocycles. The highest BCUT2D eigenvalue weighted by molar-refractivity contribution is 5.54. The summed E-state index contributed by atoms with van der Waals surface area (Å²) in [5, 5.41) is 14.5. The van der Waals surface area contributed by atoms with Crippen molar-refractivity contribution in [2.45, 2.75) is 32.7 Å². The zero-order valence-corrected chi connectivity index (χ0v) is 12.4. The molecule has 1 N–H and O–H groups in total. The van der Waals surface area contributed by atoms with Crippen LogP contribution in [0.25, 0.3) is 0 Å². The quantitative estimate of drug-likeness (QED) is 0.586. The van der Waals surface area contributed by atoms with Gasteiger partial charge in [-0.3, -0.25) is 10.1 Å². The predicted octanol–water partition coefficient (Wildman–Crippen LogP) is 2.54. The molecule has 6 nitrogen and oxygen atoms in total. The van der Waals surface area contributed by atoms with Crippen LogP contribution in [-0.4, -0.2) is 31.7 Å². The van der Waals surface area contributed by atoms with E-state index in [1.165, 1.54) is 20.3 Å². The van der Waals surface area contributed by atoms with Crippen LogP contribution in [0.2, 0.25) is 0 Å². The first-order valence-corrected chi connectivity index (χ1v) is 6.66. The predicted molar refractivity (Wildman–Crippen MR) is 77.7 cm³/mol. The number of methoxy groups -OCH3 is 2. The first-order valence-electron chi connectivity index (χ1n) is 6.66. The summed E-state index contributed by atoms with van der Waals surface area (Å²) in [5.41, 5.74) is 0.705. The molecule has 20 heavy (non-hydrogen) atoms. The monoisotopic (exact) mass is 282 g/mol. The molecule has 0 saturated carbocycles. The molecule has 1 atom stereocenters. The highest BCUT2D eigenvalue weighted by Crippen LogP contribution is 2.34. The minimum Gasteiger partial charge on any atom is -0.493 e. The Labute approximate surface area is 119 Å². The summed E-state index contributed by atoms with van der Waals surface area (Å²) in [6.45, 7) is 4.98. The fourth-order valence-electron chi connectivity index (χ4n) is 2.04. The van der Waals surface area contributed by atoms with Gasteiger partial charge in [0.1, 0.15) is 0 Å². The van der Waals surface area contributed by atoms with Gasteiger partial charge < -0.3 is 14.8 Å². The minimum atomic E-state index is -0.385. The Kier molecular flexibility index (Phi) is 6.24. The zero-order chi connectivity index (χ0) is 15.1. The Morgan fingerprint density at radius 1 is 1.30 bits per heavy atom. The van der Waals surface area contributed by atoms with E-state index in [0.717, 1.165) is 13.0 Å². The number of nitro groups is 1. The number of rotatable bonds is 8. The average Bonchev–Trinajstić information content (AvgIpc) is 2.44. The van der Waals surface area contributed by atoms with E-state index in [2.05, 4.69) is 12.2 Å². The lowest BCUT2D eigenvalue weighted by Crippen LogP contribution is -2.28. The second kappa shape index (κ2) is 7.69. The fourth-order valence-corrected chi connectivity index (χ4v) is 2.04. The van der Waals surface area contributed by atoms with Crippen LogP contribution >= 0.6 is 0 Å². The number of hydrogen-bond acceptors (Lipinski definition) is 5. The van der Waals surface area contributed by atoms with Crippen molar-refractivity contribution in [2.75, 3.05) is 20.8 Å². The van der Waals surface area contributed by atoms with Gasteiger partial charge in [-0.05, 0) is 32.4 Å². The Balaban J connectivity index is 3.06. The smallest absolute Gasteiger partial charge is 0.276 e. The largest absolute Gasteiger partial charge is 0.493 e. The molecular formula is C14H22N2O4. The van der Waals surface area contributed by atoms with Crippen LogP contribution in [0.1, 0.15) is 25.8 Å². The lowest BCUT2D eigenvalue weighted by molar-refractivity contribution is -0.385. The van der Waals surface area contributed by atoms with Gasteiger partial charge in [0.15, 0.2) is 11.5 Å². The molecule has 1 aromatic rings. The topological polar surface area (TPSA) is 73.6 Å². The van der Waals surface area contributed by atoms with Crippen LogP contribution in [0.15, 0.2) is 12.1 Å². The zero-order valence-electron chi connectivity index (χ0n) is 12.4. The van der Waals surface area contributed by atoms with Crippen molar-refractivity contribution < 1.29 is 14.4 Å². The van der Waals surface area contributed by atoms with E-state index in [1.807, 2.05) is 6.92 Å². The second-order valence-corrected chi connectivity index (χ2v) is 4.65. The number of ether oxygens (including phenoxy) is 2. The molecule has 0 radical (unpaired) electrons. The minimum absolute atomic E-state index is 0.0628. The molecule has 0 aliphatic carbocycles. The van der Waals surface area contributed by atoms with Gasteiger partial charge in [-0.25, -0.2) is 0 Å². The van der Waals surface area contributed by atoms with E-state index in [9.17, 15) is 10.1 Å². The Morgan fingerprint density at radius 2 is 1.90 bits per heavy atom. The van der Waals surface area contributed by atoms with E-state index in [-0.39, 0.29) is 16.7 Å². The molecule has 1 rings (SSSR count). The fraction of sp³-hybridized carbons (Fsp3) is 0.571. The van der Waals surface area contributed by atoms with Crippen molar-refractivity contribution in [3.63, 3.8) is 0 Å². The van der Waals surface area contributed by atoms with E-state index >= 15 is 0 Å². The van der Waals surface area contributed by atoms with Gasteiger partial charge in [-0.15, -0.1) is 0 Å². The third-order valence-electron chi connectivity index (χ3n) is 3.05. The van der Waals surface area contributed by atoms with Crippen molar-refractivity contribution >= 4 is 5.69 Å². The summed E-state index contributed by atoms with van der Waals surface area (Å²) in [5.74, 6) is 0.882. The van der Waals surface area contributed by atoms with Crippen LogP contribution in [0.4, 0.5) is 5.69 Å². The lowest BCUT2D eigenvalue weighted by atomic mass is 10.0. The third kappa shape index (κ3) is 4.09. The average molecular weight is 282 g/mol. The van der Waals surface area contributed by atoms with Gasteiger partial charge in [-0.1, -0.05) is 6.92 Å². The Morgan fingerprint density at radius 3 is 2.40 bits per heavy atom. The summed E-state index contributed by atoms with van der Waals surface area (Å²) in [6, 6.07) is 3.26. The van der Waals surface area contributed by atoms with Crippen LogP contribution in [0.5, 0.6) is 11.5 Å². The van der Waals surface area contributed by atoms with Crippen LogP contribution in [0, 0.1) is 10.1 Å². The maximum absolute atomic E-state index is 11.2. The van der Waals surface area contributed by atoms with Gasteiger partial charge in [0.25, 0.3) is 5.69 Å². The standard InChI is InChI=1S/C14H22N2O4/c1-5-6-15-10(2)7-11-8-13(19-3)14(20-4)9-12(11)16(17)18/h8-10,15H,5-7H2,1-4H3. The van der Waals surface area contributed by atoms with Crippen molar-refractivity contribution in [2.24, 2.45) is 0 Å².